The number of benzene rings is 1. The van der Waals surface area contributed by atoms with Crippen LogP contribution in [0.25, 0.3) is 5.65 Å². The van der Waals surface area contributed by atoms with Gasteiger partial charge >= 0.3 is 0 Å². The van der Waals surface area contributed by atoms with Gasteiger partial charge in [-0.2, -0.15) is 0 Å². The van der Waals surface area contributed by atoms with Crippen molar-refractivity contribution in [2.75, 3.05) is 4.72 Å². The Labute approximate surface area is 120 Å². The van der Waals surface area contributed by atoms with Crippen LogP contribution in [-0.2, 0) is 10.0 Å². The lowest BCUT2D eigenvalue weighted by Crippen LogP contribution is -2.15. The number of nitrogens with zero attached hydrogens (tertiary/aromatic N) is 3. The average molecular weight is 309 g/mol. The van der Waals surface area contributed by atoms with Crippen LogP contribution in [0.3, 0.4) is 0 Å². The summed E-state index contributed by atoms with van der Waals surface area (Å²) >= 11 is 5.91. The first-order valence-electron chi connectivity index (χ1n) is 5.65. The van der Waals surface area contributed by atoms with Gasteiger partial charge in [0.05, 0.1) is 5.02 Å². The highest BCUT2D eigenvalue weighted by Crippen LogP contribution is 2.22. The van der Waals surface area contributed by atoms with E-state index < -0.39 is 10.0 Å². The second kappa shape index (κ2) is 4.77. The molecule has 1 N–H and O–H groups in total. The smallest absolute Gasteiger partial charge is 0.265 e. The van der Waals surface area contributed by atoms with Gasteiger partial charge in [0.15, 0.2) is 5.65 Å². The normalized spacial score (nSPS) is 11.7. The average Bonchev–Trinajstić information content (AvgIpc) is 2.82. The molecule has 102 valence electrons. The van der Waals surface area contributed by atoms with E-state index in [1.165, 1.54) is 16.5 Å². The van der Waals surface area contributed by atoms with Gasteiger partial charge < -0.3 is 0 Å². The Balaban J connectivity index is 2.04. The van der Waals surface area contributed by atoms with Crippen molar-refractivity contribution in [3.63, 3.8) is 0 Å². The highest BCUT2D eigenvalue weighted by atomic mass is 35.5. The fourth-order valence-corrected chi connectivity index (χ4v) is 3.26. The van der Waals surface area contributed by atoms with Crippen molar-refractivity contribution in [3.8, 4) is 0 Å². The van der Waals surface area contributed by atoms with E-state index in [9.17, 15) is 8.42 Å². The first-order chi connectivity index (χ1) is 9.58. The molecule has 0 unspecified atom stereocenters. The fourth-order valence-electron chi connectivity index (χ4n) is 1.75. The minimum Gasteiger partial charge on any atom is -0.268 e. The van der Waals surface area contributed by atoms with Crippen LogP contribution in [-0.4, -0.2) is 23.0 Å². The second-order valence-electron chi connectivity index (χ2n) is 3.99. The molecule has 20 heavy (non-hydrogen) atoms. The molecule has 0 aliphatic rings. The number of hydrogen-bond acceptors (Lipinski definition) is 4. The summed E-state index contributed by atoms with van der Waals surface area (Å²) < 4.78 is 28.5. The van der Waals surface area contributed by atoms with Crippen LogP contribution in [0.1, 0.15) is 0 Å². The molecule has 1 aromatic carbocycles. The van der Waals surface area contributed by atoms with Crippen LogP contribution in [0.5, 0.6) is 0 Å². The van der Waals surface area contributed by atoms with Gasteiger partial charge in [0.25, 0.3) is 10.0 Å². The summed E-state index contributed by atoms with van der Waals surface area (Å²) in [6, 6.07) is 11.5. The summed E-state index contributed by atoms with van der Waals surface area (Å²) in [7, 11) is -3.81. The van der Waals surface area contributed by atoms with Crippen LogP contribution in [0, 0.1) is 0 Å². The molecular weight excluding hydrogens is 300 g/mol. The largest absolute Gasteiger partial charge is 0.268 e. The van der Waals surface area contributed by atoms with Crippen molar-refractivity contribution in [2.45, 2.75) is 4.90 Å². The van der Waals surface area contributed by atoms with E-state index in [2.05, 4.69) is 14.9 Å². The van der Waals surface area contributed by atoms with Crippen molar-refractivity contribution < 1.29 is 8.42 Å². The lowest BCUT2D eigenvalue weighted by Gasteiger charge is -2.07. The summed E-state index contributed by atoms with van der Waals surface area (Å²) in [4.78, 5) is -0.00523. The molecule has 0 aliphatic heterocycles. The topological polar surface area (TPSA) is 76.4 Å². The first kappa shape index (κ1) is 12.9. The highest BCUT2D eigenvalue weighted by Gasteiger charge is 2.19. The Kier molecular flexibility index (Phi) is 3.07. The molecule has 2 heterocycles. The van der Waals surface area contributed by atoms with Crippen molar-refractivity contribution in [3.05, 3.63) is 53.7 Å². The van der Waals surface area contributed by atoms with Gasteiger partial charge in [-0.3, -0.25) is 4.40 Å². The van der Waals surface area contributed by atoms with E-state index in [0.29, 0.717) is 5.65 Å². The molecule has 0 bridgehead atoms. The molecule has 2 aromatic heterocycles. The second-order valence-corrected chi connectivity index (χ2v) is 6.05. The number of aromatic nitrogens is 3. The number of anilines is 1. The molecule has 6 nitrogen and oxygen atoms in total. The van der Waals surface area contributed by atoms with E-state index in [-0.39, 0.29) is 15.9 Å². The quantitative estimate of drug-likeness (QED) is 0.804. The summed E-state index contributed by atoms with van der Waals surface area (Å²) in [6.07, 6.45) is 1.67. The molecule has 0 spiro atoms. The van der Waals surface area contributed by atoms with E-state index in [1.54, 1.807) is 36.5 Å². The molecule has 3 aromatic rings. The number of nitrogens with one attached hydrogen (secondary N) is 1. The number of sulfonamides is 1. The lowest BCUT2D eigenvalue weighted by atomic mass is 10.4. The van der Waals surface area contributed by atoms with Crippen LogP contribution in [0.2, 0.25) is 5.02 Å². The Bertz CT molecular complexity index is 876. The molecule has 0 radical (unpaired) electrons. The van der Waals surface area contributed by atoms with Crippen molar-refractivity contribution in [1.29, 1.82) is 0 Å². The molecular formula is C12H9ClN4O2S. The zero-order valence-corrected chi connectivity index (χ0v) is 11.6. The highest BCUT2D eigenvalue weighted by molar-refractivity contribution is 7.92. The van der Waals surface area contributed by atoms with E-state index in [1.807, 2.05) is 0 Å². The van der Waals surface area contributed by atoms with Crippen LogP contribution in [0.15, 0.2) is 53.6 Å². The van der Waals surface area contributed by atoms with E-state index in [0.717, 1.165) is 0 Å². The molecule has 0 amide bonds. The predicted octanol–water partition coefficient (Wildman–Crippen LogP) is 2.18. The maximum Gasteiger partial charge on any atom is 0.265 e. The third kappa shape index (κ3) is 2.21. The Morgan fingerprint density at radius 1 is 1.05 bits per heavy atom. The third-order valence-electron chi connectivity index (χ3n) is 2.67. The molecule has 0 aliphatic carbocycles. The monoisotopic (exact) mass is 308 g/mol. The van der Waals surface area contributed by atoms with Crippen molar-refractivity contribution in [2.24, 2.45) is 0 Å². The van der Waals surface area contributed by atoms with E-state index in [4.69, 9.17) is 11.6 Å². The number of hydrogen-bond donors (Lipinski definition) is 1. The zero-order chi connectivity index (χ0) is 14.2. The van der Waals surface area contributed by atoms with Gasteiger partial charge in [0, 0.05) is 6.20 Å². The summed E-state index contributed by atoms with van der Waals surface area (Å²) in [5, 5.41) is 7.83. The predicted molar refractivity (Wildman–Crippen MR) is 75.2 cm³/mol. The van der Waals surface area contributed by atoms with Gasteiger partial charge in [-0.25, -0.2) is 13.1 Å². The van der Waals surface area contributed by atoms with Gasteiger partial charge in [-0.15, -0.1) is 10.2 Å². The van der Waals surface area contributed by atoms with Crippen LogP contribution >= 0.6 is 11.6 Å². The van der Waals surface area contributed by atoms with Gasteiger partial charge in [-0.1, -0.05) is 29.8 Å². The molecule has 0 atom stereocenters. The molecule has 0 fully saturated rings. The minimum atomic E-state index is -3.81. The number of fused-ring (bicyclic) bond motifs is 1. The SMILES string of the molecule is O=S(=O)(Nc1nnc2ccccn12)c1ccccc1Cl. The van der Waals surface area contributed by atoms with Gasteiger partial charge in [0.2, 0.25) is 5.95 Å². The van der Waals surface area contributed by atoms with Crippen LogP contribution < -0.4 is 4.72 Å². The summed E-state index contributed by atoms with van der Waals surface area (Å²) in [5.74, 6) is 0.112. The molecule has 0 saturated heterocycles. The summed E-state index contributed by atoms with van der Waals surface area (Å²) in [6.45, 7) is 0. The van der Waals surface area contributed by atoms with Gasteiger partial charge in [0.1, 0.15) is 4.90 Å². The van der Waals surface area contributed by atoms with E-state index >= 15 is 0 Å². The molecule has 3 rings (SSSR count). The molecule has 8 heteroatoms. The number of rotatable bonds is 3. The Morgan fingerprint density at radius 2 is 1.80 bits per heavy atom. The molecule has 0 saturated carbocycles. The summed E-state index contributed by atoms with van der Waals surface area (Å²) in [5.41, 5.74) is 0.546. The van der Waals surface area contributed by atoms with Gasteiger partial charge in [-0.05, 0) is 24.3 Å². The van der Waals surface area contributed by atoms with Crippen LogP contribution in [0.4, 0.5) is 5.95 Å². The minimum absolute atomic E-state index is 0.00523. The number of pyridine rings is 1. The van der Waals surface area contributed by atoms with Crippen molar-refractivity contribution in [1.82, 2.24) is 14.6 Å². The fraction of sp³-hybridized carbons (Fsp3) is 0. The maximum atomic E-state index is 12.3. The maximum absolute atomic E-state index is 12.3. The first-order valence-corrected chi connectivity index (χ1v) is 7.51. The van der Waals surface area contributed by atoms with Crippen molar-refractivity contribution >= 4 is 33.2 Å². The lowest BCUT2D eigenvalue weighted by molar-refractivity contribution is 0.601. The zero-order valence-electron chi connectivity index (χ0n) is 10.1. The third-order valence-corrected chi connectivity index (χ3v) is 4.49. The Morgan fingerprint density at radius 3 is 2.60 bits per heavy atom. The Hall–Kier alpha value is -2.12. The number of halogens is 1. The standard InChI is InChI=1S/C12H9ClN4O2S/c13-9-5-1-2-6-10(9)20(18,19)16-12-15-14-11-7-3-4-8-17(11)12/h1-8H,(H,15,16).